The topological polar surface area (TPSA) is 30.7 Å². The second-order valence-electron chi connectivity index (χ2n) is 7.23. The first-order valence-electron chi connectivity index (χ1n) is 10.3. The minimum absolute atomic E-state index is 0.614. The molecule has 0 N–H and O–H groups in total. The summed E-state index contributed by atoms with van der Waals surface area (Å²) in [7, 11) is 0. The zero-order valence-corrected chi connectivity index (χ0v) is 17.8. The molecular weight excluding hydrogens is 378 g/mol. The fraction of sp³-hybridized carbons (Fsp3) is 0.143. The Morgan fingerprint density at radius 2 is 1.74 bits per heavy atom. The number of hydrogen-bond donors (Lipinski definition) is 0. The second kappa shape index (κ2) is 9.16. The molecule has 0 atom stereocenters. The lowest BCUT2D eigenvalue weighted by Gasteiger charge is -2.18. The molecule has 1 aliphatic carbocycles. The summed E-state index contributed by atoms with van der Waals surface area (Å²) in [5, 5.41) is 9.22. The molecule has 0 spiro atoms. The van der Waals surface area contributed by atoms with Gasteiger partial charge in [-0.15, -0.1) is 16.6 Å². The predicted octanol–water partition coefficient (Wildman–Crippen LogP) is 6.06. The van der Waals surface area contributed by atoms with Crippen LogP contribution in [0.3, 0.4) is 0 Å². The lowest BCUT2D eigenvalue weighted by atomic mass is 9.98. The summed E-state index contributed by atoms with van der Waals surface area (Å²) in [4.78, 5) is 0. The largest absolute Gasteiger partial charge is 0.274 e. The summed E-state index contributed by atoms with van der Waals surface area (Å²) in [5.41, 5.74) is 5.86. The van der Waals surface area contributed by atoms with E-state index in [4.69, 9.17) is 6.42 Å². The molecule has 0 amide bonds. The number of allylic oxidation sites excluding steroid dienone is 6. The van der Waals surface area contributed by atoms with Crippen molar-refractivity contribution in [1.82, 2.24) is 14.8 Å². The first-order valence-corrected chi connectivity index (χ1v) is 10.3. The average Bonchev–Trinajstić information content (AvgIpc) is 3.21. The van der Waals surface area contributed by atoms with Crippen molar-refractivity contribution in [2.75, 3.05) is 0 Å². The van der Waals surface area contributed by atoms with Gasteiger partial charge in [-0.2, -0.15) is 0 Å². The Morgan fingerprint density at radius 3 is 2.48 bits per heavy atom. The predicted molar refractivity (Wildman–Crippen MR) is 128 cm³/mol. The van der Waals surface area contributed by atoms with Crippen LogP contribution < -0.4 is 0 Å². The van der Waals surface area contributed by atoms with E-state index in [1.165, 1.54) is 0 Å². The van der Waals surface area contributed by atoms with E-state index in [0.717, 1.165) is 45.2 Å². The third-order valence-electron chi connectivity index (χ3n) is 5.21. The Balaban J connectivity index is 2.06. The minimum atomic E-state index is 0.614. The van der Waals surface area contributed by atoms with Gasteiger partial charge in [0.2, 0.25) is 0 Å². The van der Waals surface area contributed by atoms with Crippen molar-refractivity contribution in [3.63, 3.8) is 0 Å². The van der Waals surface area contributed by atoms with E-state index in [1.54, 1.807) is 0 Å². The van der Waals surface area contributed by atoms with Crippen LogP contribution in [0.15, 0.2) is 84.0 Å². The summed E-state index contributed by atoms with van der Waals surface area (Å²) in [5.74, 6) is 10.9. The van der Waals surface area contributed by atoms with Crippen LogP contribution in [0.2, 0.25) is 0 Å². The van der Waals surface area contributed by atoms with Crippen molar-refractivity contribution in [1.29, 1.82) is 0 Å². The molecular formula is C28H23N3. The third kappa shape index (κ3) is 4.00. The van der Waals surface area contributed by atoms with Gasteiger partial charge in [-0.25, -0.2) is 0 Å². The number of aromatic nitrogens is 3. The van der Waals surface area contributed by atoms with E-state index in [2.05, 4.69) is 57.7 Å². The molecule has 0 radical (unpaired) electrons. The number of terminal acetylenes is 1. The van der Waals surface area contributed by atoms with Crippen molar-refractivity contribution >= 4 is 5.70 Å². The maximum Gasteiger partial charge on any atom is 0.169 e. The molecule has 1 aliphatic rings. The van der Waals surface area contributed by atoms with Gasteiger partial charge < -0.3 is 0 Å². The molecule has 0 saturated carbocycles. The first kappa shape index (κ1) is 20.2. The smallest absolute Gasteiger partial charge is 0.169 e. The van der Waals surface area contributed by atoms with Crippen molar-refractivity contribution in [3.05, 3.63) is 89.5 Å². The van der Waals surface area contributed by atoms with Crippen LogP contribution in [0.25, 0.3) is 28.5 Å². The van der Waals surface area contributed by atoms with E-state index in [-0.39, 0.29) is 0 Å². The summed E-state index contributed by atoms with van der Waals surface area (Å²) in [6.07, 6.45) is 13.4. The molecule has 31 heavy (non-hydrogen) atoms. The minimum Gasteiger partial charge on any atom is -0.274 e. The van der Waals surface area contributed by atoms with Crippen LogP contribution in [-0.2, 0) is 0 Å². The monoisotopic (exact) mass is 401 g/mol. The van der Waals surface area contributed by atoms with Crippen molar-refractivity contribution < 1.29 is 0 Å². The lowest BCUT2D eigenvalue weighted by molar-refractivity contribution is 1.08. The molecule has 2 aromatic carbocycles. The van der Waals surface area contributed by atoms with Gasteiger partial charge in [-0.05, 0) is 31.1 Å². The van der Waals surface area contributed by atoms with Crippen LogP contribution in [0, 0.1) is 31.1 Å². The number of aryl methyl sites for hydroxylation is 1. The molecule has 0 fully saturated rings. The average molecular weight is 402 g/mol. The van der Waals surface area contributed by atoms with Gasteiger partial charge in [0.05, 0.1) is 11.3 Å². The highest BCUT2D eigenvalue weighted by Crippen LogP contribution is 2.34. The Bertz CT molecular complexity index is 1300. The molecule has 0 saturated heterocycles. The maximum atomic E-state index is 6.06. The van der Waals surface area contributed by atoms with E-state index in [9.17, 15) is 0 Å². The van der Waals surface area contributed by atoms with Crippen LogP contribution >= 0.6 is 0 Å². The number of hydrogen-bond acceptors (Lipinski definition) is 2. The van der Waals surface area contributed by atoms with Crippen LogP contribution in [0.4, 0.5) is 0 Å². The van der Waals surface area contributed by atoms with Gasteiger partial charge >= 0.3 is 0 Å². The Morgan fingerprint density at radius 1 is 1.00 bits per heavy atom. The standard InChI is InChI=1S/C28H23N3/c1-4-14-22-16-8-7-11-20-26(24(22)5-2)31-27(23-17-9-6-10-18-23)29-30-28(31)25-19-13-12-15-21(25)3/h2,4,6,9-10,12-15,17-20H,11,16H2,1,3H3/b14-4-,24-22?,26-20?. The summed E-state index contributed by atoms with van der Waals surface area (Å²) in [6.45, 7) is 4.07. The van der Waals surface area contributed by atoms with E-state index in [0.29, 0.717) is 12.8 Å². The SMILES string of the molecule is C#CC1=C(/C=C\C)CC#CCC=C1n1c(-c2ccccc2)nnc1-c1ccccc1C. The van der Waals surface area contributed by atoms with Gasteiger partial charge in [-0.1, -0.05) is 84.5 Å². The van der Waals surface area contributed by atoms with Gasteiger partial charge in [0.15, 0.2) is 11.6 Å². The van der Waals surface area contributed by atoms with Gasteiger partial charge in [0, 0.05) is 24.0 Å². The molecule has 150 valence electrons. The van der Waals surface area contributed by atoms with E-state index >= 15 is 0 Å². The molecule has 3 heteroatoms. The van der Waals surface area contributed by atoms with Crippen LogP contribution in [-0.4, -0.2) is 14.8 Å². The summed E-state index contributed by atoms with van der Waals surface area (Å²) in [6, 6.07) is 18.3. The van der Waals surface area contributed by atoms with Gasteiger partial charge in [0.25, 0.3) is 0 Å². The van der Waals surface area contributed by atoms with Crippen LogP contribution in [0.5, 0.6) is 0 Å². The zero-order valence-electron chi connectivity index (χ0n) is 17.8. The summed E-state index contributed by atoms with van der Waals surface area (Å²) >= 11 is 0. The lowest BCUT2D eigenvalue weighted by Crippen LogP contribution is -2.07. The van der Waals surface area contributed by atoms with Crippen molar-refractivity contribution in [3.8, 4) is 47.0 Å². The van der Waals surface area contributed by atoms with Crippen LogP contribution in [0.1, 0.15) is 25.3 Å². The highest BCUT2D eigenvalue weighted by Gasteiger charge is 2.22. The quantitative estimate of drug-likeness (QED) is 0.497. The highest BCUT2D eigenvalue weighted by atomic mass is 15.3. The van der Waals surface area contributed by atoms with Crippen molar-refractivity contribution in [2.45, 2.75) is 26.7 Å². The number of rotatable bonds is 4. The fourth-order valence-electron chi connectivity index (χ4n) is 3.73. The van der Waals surface area contributed by atoms with Gasteiger partial charge in [-0.3, -0.25) is 4.57 Å². The molecule has 1 heterocycles. The van der Waals surface area contributed by atoms with E-state index in [1.807, 2.05) is 61.5 Å². The molecule has 3 nitrogen and oxygen atoms in total. The molecule has 0 aliphatic heterocycles. The Labute approximate surface area is 183 Å². The highest BCUT2D eigenvalue weighted by molar-refractivity contribution is 5.82. The molecule has 0 unspecified atom stereocenters. The molecule has 1 aromatic heterocycles. The second-order valence-corrected chi connectivity index (χ2v) is 7.23. The Kier molecular flexibility index (Phi) is 5.97. The number of benzene rings is 2. The zero-order chi connectivity index (χ0) is 21.6. The van der Waals surface area contributed by atoms with Gasteiger partial charge in [0.1, 0.15) is 0 Å². The van der Waals surface area contributed by atoms with E-state index < -0.39 is 0 Å². The maximum absolute atomic E-state index is 6.06. The molecule has 0 bridgehead atoms. The molecule has 4 rings (SSSR count). The third-order valence-corrected chi connectivity index (χ3v) is 5.21. The Hall–Kier alpha value is -4.08. The first-order chi connectivity index (χ1) is 15.2. The molecule has 3 aromatic rings. The summed E-state index contributed by atoms with van der Waals surface area (Å²) < 4.78 is 2.09. The van der Waals surface area contributed by atoms with Crippen molar-refractivity contribution in [2.24, 2.45) is 0 Å². The normalized spacial score (nSPS) is 13.8. The fourth-order valence-corrected chi connectivity index (χ4v) is 3.73. The number of nitrogens with zero attached hydrogens (tertiary/aromatic N) is 3.